The third-order valence-corrected chi connectivity index (χ3v) is 6.85. The topological polar surface area (TPSA) is 79.0 Å². The summed E-state index contributed by atoms with van der Waals surface area (Å²) < 4.78 is 11.7. The number of fused-ring (bicyclic) bond motifs is 1. The van der Waals surface area contributed by atoms with Crippen LogP contribution < -0.4 is 4.74 Å². The summed E-state index contributed by atoms with van der Waals surface area (Å²) in [6.45, 7) is 2.85. The Morgan fingerprint density at radius 2 is 1.86 bits per heavy atom. The molecule has 0 bridgehead atoms. The molecule has 0 spiro atoms. The Bertz CT molecular complexity index is 795. The third-order valence-electron chi connectivity index (χ3n) is 6.85. The summed E-state index contributed by atoms with van der Waals surface area (Å²) in [4.78, 5) is 2.40. The monoisotopic (exact) mass is 400 g/mol. The molecular weight excluding hydrogens is 367 g/mol. The fourth-order valence-corrected chi connectivity index (χ4v) is 4.77. The van der Waals surface area contributed by atoms with E-state index in [-0.39, 0.29) is 12.7 Å². The van der Waals surface area contributed by atoms with Crippen LogP contribution in [0.15, 0.2) is 16.7 Å². The molecule has 1 saturated heterocycles. The Kier molecular flexibility index (Phi) is 6.78. The highest BCUT2D eigenvalue weighted by Gasteiger charge is 2.22. The highest BCUT2D eigenvalue weighted by atomic mass is 16.5. The van der Waals surface area contributed by atoms with Crippen molar-refractivity contribution in [3.8, 4) is 5.75 Å². The first-order chi connectivity index (χ1) is 14.1. The summed E-state index contributed by atoms with van der Waals surface area (Å²) in [6, 6.07) is 3.97. The van der Waals surface area contributed by atoms with Gasteiger partial charge in [0, 0.05) is 5.39 Å². The lowest BCUT2D eigenvalue weighted by Gasteiger charge is -2.29. The van der Waals surface area contributed by atoms with Gasteiger partial charge in [0.15, 0.2) is 13.6 Å². The fraction of sp³-hybridized carbons (Fsp3) is 0.682. The van der Waals surface area contributed by atoms with Gasteiger partial charge in [-0.15, -0.1) is 0 Å². The van der Waals surface area contributed by atoms with Gasteiger partial charge in [-0.1, -0.05) is 5.16 Å². The zero-order chi connectivity index (χ0) is 20.2. The molecule has 2 N–H and O–H groups in total. The lowest BCUT2D eigenvalue weighted by Crippen LogP contribution is -2.31. The Hall–Kier alpha value is -1.57. The highest BCUT2D eigenvalue weighted by molar-refractivity contribution is 6.04. The summed E-state index contributed by atoms with van der Waals surface area (Å²) in [5, 5.41) is 24.9. The van der Waals surface area contributed by atoms with Crippen LogP contribution in [0.3, 0.4) is 0 Å². The quantitative estimate of drug-likeness (QED) is 0.696. The molecule has 2 aliphatic rings. The number of benzene rings is 1. The first kappa shape index (κ1) is 20.7. The van der Waals surface area contributed by atoms with Gasteiger partial charge in [-0.25, -0.2) is 0 Å². The number of piperidine rings is 1. The average molecular weight is 400 g/mol. The van der Waals surface area contributed by atoms with Crippen LogP contribution in [-0.4, -0.2) is 54.0 Å². The second kappa shape index (κ2) is 9.50. The summed E-state index contributed by atoms with van der Waals surface area (Å²) in [5.74, 6) is 1.90. The highest BCUT2D eigenvalue weighted by Crippen LogP contribution is 2.33. The van der Waals surface area contributed by atoms with Crippen molar-refractivity contribution in [2.24, 2.45) is 11.8 Å². The number of ether oxygens (including phenoxy) is 1. The van der Waals surface area contributed by atoms with E-state index in [0.29, 0.717) is 29.4 Å². The molecule has 29 heavy (non-hydrogen) atoms. The molecule has 0 radical (unpaired) electrons. The van der Waals surface area contributed by atoms with Gasteiger partial charge < -0.3 is 24.3 Å². The van der Waals surface area contributed by atoms with Crippen molar-refractivity contribution in [1.82, 2.24) is 9.97 Å². The summed E-state index contributed by atoms with van der Waals surface area (Å²) in [7, 11) is 2.19. The molecule has 2 fully saturated rings. The van der Waals surface area contributed by atoms with Gasteiger partial charge in [0.2, 0.25) is 0 Å². The summed E-state index contributed by atoms with van der Waals surface area (Å²) in [5.41, 5.74) is 2.33. The van der Waals surface area contributed by atoms with Crippen molar-refractivity contribution in [2.45, 2.75) is 64.1 Å². The van der Waals surface area contributed by atoms with Crippen molar-refractivity contribution in [3.05, 3.63) is 23.4 Å². The molecule has 1 aromatic carbocycles. The number of nitrogens with zero attached hydrogens (tertiary/aromatic N) is 2. The molecule has 1 aliphatic heterocycles. The van der Waals surface area contributed by atoms with Gasteiger partial charge in [-0.2, -0.15) is 0 Å². The number of aromatic nitrogens is 1. The van der Waals surface area contributed by atoms with E-state index in [4.69, 9.17) is 9.26 Å². The number of aliphatic hydroxyl groups excluding tert-OH is 2. The summed E-state index contributed by atoms with van der Waals surface area (Å²) in [6.07, 6.45) is 8.08. The van der Waals surface area contributed by atoms with Crippen molar-refractivity contribution < 1.29 is 19.5 Å². The SMILES string of the molecule is BN1CCC(CCc2noc3c(CO)c(OC[C@H]4CC[C@@H](O)CC4)ccc23)CC1. The second-order valence-electron chi connectivity index (χ2n) is 8.98. The second-order valence-corrected chi connectivity index (χ2v) is 8.98. The Labute approximate surface area is 173 Å². The smallest absolute Gasteiger partial charge is 0.185 e. The Morgan fingerprint density at radius 3 is 2.59 bits per heavy atom. The predicted octanol–water partition coefficient (Wildman–Crippen LogP) is 2.44. The minimum absolute atomic E-state index is 0.125. The van der Waals surface area contributed by atoms with E-state index in [1.54, 1.807) is 0 Å². The molecule has 2 heterocycles. The molecule has 0 amide bonds. The summed E-state index contributed by atoms with van der Waals surface area (Å²) >= 11 is 0. The third kappa shape index (κ3) is 4.96. The maximum Gasteiger partial charge on any atom is 0.185 e. The van der Waals surface area contributed by atoms with E-state index in [1.807, 2.05) is 12.1 Å². The van der Waals surface area contributed by atoms with Gasteiger partial charge in [0.25, 0.3) is 0 Å². The molecule has 1 saturated carbocycles. The molecule has 7 heteroatoms. The fourth-order valence-electron chi connectivity index (χ4n) is 4.77. The van der Waals surface area contributed by atoms with Crippen LogP contribution in [0.4, 0.5) is 0 Å². The van der Waals surface area contributed by atoms with E-state index < -0.39 is 0 Å². The van der Waals surface area contributed by atoms with Gasteiger partial charge in [-0.3, -0.25) is 0 Å². The van der Waals surface area contributed by atoms with Gasteiger partial charge >= 0.3 is 0 Å². The molecule has 158 valence electrons. The molecule has 0 atom stereocenters. The average Bonchev–Trinajstić information content (AvgIpc) is 3.15. The van der Waals surface area contributed by atoms with Crippen LogP contribution >= 0.6 is 0 Å². The van der Waals surface area contributed by atoms with Crippen LogP contribution in [0, 0.1) is 11.8 Å². The van der Waals surface area contributed by atoms with Crippen molar-refractivity contribution in [1.29, 1.82) is 0 Å². The first-order valence-electron chi connectivity index (χ1n) is 11.1. The molecule has 6 nitrogen and oxygen atoms in total. The Balaban J connectivity index is 1.40. The van der Waals surface area contributed by atoms with Crippen molar-refractivity contribution in [2.75, 3.05) is 19.7 Å². The van der Waals surface area contributed by atoms with E-state index in [1.165, 1.54) is 25.9 Å². The van der Waals surface area contributed by atoms with Crippen LogP contribution in [0.2, 0.25) is 0 Å². The van der Waals surface area contributed by atoms with Gasteiger partial charge in [-0.05, 0) is 88.4 Å². The maximum absolute atomic E-state index is 9.95. The number of hydrogen-bond acceptors (Lipinski definition) is 6. The molecule has 1 aromatic heterocycles. The van der Waals surface area contributed by atoms with Gasteiger partial charge in [0.1, 0.15) is 5.75 Å². The van der Waals surface area contributed by atoms with Crippen LogP contribution in [0.1, 0.15) is 56.2 Å². The van der Waals surface area contributed by atoms with E-state index in [0.717, 1.165) is 55.5 Å². The van der Waals surface area contributed by atoms with Gasteiger partial charge in [0.05, 0.1) is 30.6 Å². The van der Waals surface area contributed by atoms with Crippen molar-refractivity contribution >= 4 is 19.0 Å². The number of aliphatic hydroxyl groups is 2. The van der Waals surface area contributed by atoms with E-state index >= 15 is 0 Å². The van der Waals surface area contributed by atoms with Crippen LogP contribution in [-0.2, 0) is 13.0 Å². The van der Waals surface area contributed by atoms with E-state index in [2.05, 4.69) is 17.9 Å². The largest absolute Gasteiger partial charge is 0.493 e. The lowest BCUT2D eigenvalue weighted by molar-refractivity contribution is 0.0912. The normalized spacial score (nSPS) is 24.2. The minimum Gasteiger partial charge on any atom is -0.493 e. The molecular formula is C22H33BN2O4. The molecule has 2 aromatic rings. The zero-order valence-corrected chi connectivity index (χ0v) is 17.5. The van der Waals surface area contributed by atoms with E-state index in [9.17, 15) is 10.2 Å². The van der Waals surface area contributed by atoms with Crippen molar-refractivity contribution in [3.63, 3.8) is 0 Å². The lowest BCUT2D eigenvalue weighted by atomic mass is 9.88. The zero-order valence-electron chi connectivity index (χ0n) is 17.5. The standard InChI is InChI=1S/C22H33BN2O4/c23-25-11-9-15(10-12-25)3-7-20-18-6-8-21(19(13-26)22(18)29-24-20)28-14-16-1-4-17(27)5-2-16/h6,8,15-17,26-27H,1-5,7,9-14,23H2/t16-,17+. The minimum atomic E-state index is -0.155. The maximum atomic E-state index is 9.95. The predicted molar refractivity (Wildman–Crippen MR) is 115 cm³/mol. The number of aryl methyl sites for hydroxylation is 1. The van der Waals surface area contributed by atoms with Crippen LogP contribution in [0.5, 0.6) is 5.75 Å². The van der Waals surface area contributed by atoms with Crippen LogP contribution in [0.25, 0.3) is 11.0 Å². The number of hydrogen-bond donors (Lipinski definition) is 2. The molecule has 1 aliphatic carbocycles. The molecule has 4 rings (SSSR count). The number of rotatable bonds is 7. The Morgan fingerprint density at radius 1 is 1.10 bits per heavy atom. The molecule has 0 unspecified atom stereocenters. The first-order valence-corrected chi connectivity index (χ1v) is 11.1.